The van der Waals surface area contributed by atoms with E-state index in [4.69, 9.17) is 32.7 Å². The van der Waals surface area contributed by atoms with Crippen LogP contribution in [0.15, 0.2) is 23.8 Å². The number of methoxy groups -OCH3 is 1. The highest BCUT2D eigenvalue weighted by Gasteiger charge is 2.55. The summed E-state index contributed by atoms with van der Waals surface area (Å²) in [5, 5.41) is 9.12. The Labute approximate surface area is 170 Å². The molecular formula is C22H24N2O3S. The van der Waals surface area contributed by atoms with Crippen LogP contribution in [-0.2, 0) is 4.79 Å². The lowest BCUT2D eigenvalue weighted by molar-refractivity contribution is -0.161. The number of nitrogens with two attached hydrogens (primary N) is 1. The summed E-state index contributed by atoms with van der Waals surface area (Å²) in [5.74, 6) is 2.78. The highest BCUT2D eigenvalue weighted by molar-refractivity contribution is 7.80. The van der Waals surface area contributed by atoms with Crippen LogP contribution in [0.2, 0.25) is 0 Å². The Morgan fingerprint density at radius 2 is 1.82 bits per heavy atom. The predicted molar refractivity (Wildman–Crippen MR) is 110 cm³/mol. The quantitative estimate of drug-likeness (QED) is 0.266. The Balaban J connectivity index is 1.56. The van der Waals surface area contributed by atoms with E-state index in [9.17, 15) is 4.79 Å². The van der Waals surface area contributed by atoms with Crippen LogP contribution in [0.5, 0.6) is 11.5 Å². The lowest BCUT2D eigenvalue weighted by Crippen LogP contribution is -2.51. The fourth-order valence-electron chi connectivity index (χ4n) is 5.75. The fourth-order valence-corrected chi connectivity index (χ4v) is 5.86. The number of nitriles is 1. The van der Waals surface area contributed by atoms with E-state index in [1.807, 2.05) is 6.07 Å². The number of rotatable bonds is 5. The van der Waals surface area contributed by atoms with Crippen molar-refractivity contribution in [3.8, 4) is 17.6 Å². The topological polar surface area (TPSA) is 85.3 Å². The summed E-state index contributed by atoms with van der Waals surface area (Å²) < 4.78 is 11.3. The van der Waals surface area contributed by atoms with E-state index in [0.29, 0.717) is 34.8 Å². The van der Waals surface area contributed by atoms with E-state index in [1.165, 1.54) is 26.4 Å². The second kappa shape index (κ2) is 7.21. The van der Waals surface area contributed by atoms with E-state index in [1.54, 1.807) is 24.3 Å². The maximum atomic E-state index is 13.2. The van der Waals surface area contributed by atoms with Crippen LogP contribution in [0.3, 0.4) is 0 Å². The predicted octanol–water partition coefficient (Wildman–Crippen LogP) is 4.01. The molecule has 5 nitrogen and oxygen atoms in total. The summed E-state index contributed by atoms with van der Waals surface area (Å²) in [4.78, 5) is 13.2. The molecule has 5 rings (SSSR count). The van der Waals surface area contributed by atoms with Gasteiger partial charge in [0.1, 0.15) is 11.1 Å². The molecular weight excluding hydrogens is 372 g/mol. The minimum Gasteiger partial charge on any atom is -0.493 e. The van der Waals surface area contributed by atoms with Crippen LogP contribution in [0, 0.1) is 34.5 Å². The van der Waals surface area contributed by atoms with Crippen molar-refractivity contribution in [2.45, 2.75) is 38.5 Å². The maximum Gasteiger partial charge on any atom is 0.317 e. The van der Waals surface area contributed by atoms with Crippen LogP contribution in [0.25, 0.3) is 6.08 Å². The van der Waals surface area contributed by atoms with Gasteiger partial charge in [0.15, 0.2) is 11.5 Å². The van der Waals surface area contributed by atoms with Crippen molar-refractivity contribution in [3.63, 3.8) is 0 Å². The third-order valence-electron chi connectivity index (χ3n) is 6.56. The third kappa shape index (κ3) is 3.40. The summed E-state index contributed by atoms with van der Waals surface area (Å²) in [5.41, 5.74) is 6.15. The summed E-state index contributed by atoms with van der Waals surface area (Å²) >= 11 is 4.87. The van der Waals surface area contributed by atoms with E-state index < -0.39 is 0 Å². The molecule has 1 aromatic carbocycles. The molecule has 28 heavy (non-hydrogen) atoms. The second-order valence-corrected chi connectivity index (χ2v) is 8.97. The number of nitrogens with zero attached hydrogens (tertiary/aromatic N) is 1. The Morgan fingerprint density at radius 1 is 1.21 bits per heavy atom. The Kier molecular flexibility index (Phi) is 4.88. The van der Waals surface area contributed by atoms with E-state index in [2.05, 4.69) is 0 Å². The average Bonchev–Trinajstić information content (AvgIpc) is 2.65. The van der Waals surface area contributed by atoms with Gasteiger partial charge in [-0.25, -0.2) is 0 Å². The third-order valence-corrected chi connectivity index (χ3v) is 6.78. The second-order valence-electron chi connectivity index (χ2n) is 8.53. The molecule has 0 saturated heterocycles. The van der Waals surface area contributed by atoms with Gasteiger partial charge in [-0.05, 0) is 80.1 Å². The zero-order valence-corrected chi connectivity index (χ0v) is 16.8. The highest BCUT2D eigenvalue weighted by atomic mass is 32.1. The molecule has 0 heterocycles. The lowest BCUT2D eigenvalue weighted by Gasteiger charge is -2.55. The van der Waals surface area contributed by atoms with E-state index >= 15 is 0 Å². The van der Waals surface area contributed by atoms with Gasteiger partial charge in [-0.3, -0.25) is 4.79 Å². The summed E-state index contributed by atoms with van der Waals surface area (Å²) in [7, 11) is 1.53. The number of carbonyl (C=O) groups is 1. The molecule has 6 heteroatoms. The van der Waals surface area contributed by atoms with Crippen LogP contribution >= 0.6 is 12.2 Å². The normalized spacial score (nSPS) is 30.6. The SMILES string of the molecule is COc1cc(/C=C(/C#N)C(N)=S)ccc1OC(=O)C12CC3CC(CC(C3)C1)C2. The number of esters is 1. The number of hydrogen-bond donors (Lipinski definition) is 1. The molecule has 0 aliphatic heterocycles. The van der Waals surface area contributed by atoms with Gasteiger partial charge >= 0.3 is 5.97 Å². The number of hydrogen-bond acceptors (Lipinski definition) is 5. The van der Waals surface area contributed by atoms with Gasteiger partial charge in [0.05, 0.1) is 18.1 Å². The smallest absolute Gasteiger partial charge is 0.317 e. The minimum absolute atomic E-state index is 0.0405. The van der Waals surface area contributed by atoms with Crippen LogP contribution in [0.1, 0.15) is 44.1 Å². The molecule has 4 aliphatic rings. The van der Waals surface area contributed by atoms with Crippen LogP contribution < -0.4 is 15.2 Å². The van der Waals surface area contributed by atoms with Gasteiger partial charge in [-0.1, -0.05) is 18.3 Å². The van der Waals surface area contributed by atoms with Crippen molar-refractivity contribution in [2.24, 2.45) is 28.9 Å². The number of ether oxygens (including phenoxy) is 2. The highest BCUT2D eigenvalue weighted by Crippen LogP contribution is 2.60. The first kappa shape index (κ1) is 18.9. The summed E-state index contributed by atoms with van der Waals surface area (Å²) in [6.45, 7) is 0. The molecule has 0 radical (unpaired) electrons. The standard InChI is InChI=1S/C22H24N2O3S/c1-26-19-8-13(7-17(12-23)20(24)28)2-3-18(19)27-21(25)22-9-14-4-15(10-22)6-16(5-14)11-22/h2-3,7-8,14-16H,4-6,9-11H2,1H3,(H2,24,28)/b17-7-. The molecule has 0 atom stereocenters. The van der Waals surface area contributed by atoms with Gasteiger partial charge in [0, 0.05) is 0 Å². The molecule has 146 valence electrons. The summed E-state index contributed by atoms with van der Waals surface area (Å²) in [6, 6.07) is 7.17. The molecule has 4 bridgehead atoms. The number of carbonyl (C=O) groups excluding carboxylic acids is 1. The van der Waals surface area contributed by atoms with Crippen molar-refractivity contribution < 1.29 is 14.3 Å². The number of thiocarbonyl (C=S) groups is 1. The fraction of sp³-hybridized carbons (Fsp3) is 0.500. The van der Waals surface area contributed by atoms with E-state index in [-0.39, 0.29) is 21.9 Å². The van der Waals surface area contributed by atoms with Crippen molar-refractivity contribution in [1.82, 2.24) is 0 Å². The Hall–Kier alpha value is -2.39. The molecule has 4 aliphatic carbocycles. The van der Waals surface area contributed by atoms with Gasteiger partial charge in [0.2, 0.25) is 0 Å². The first-order chi connectivity index (χ1) is 13.4. The molecule has 0 spiro atoms. The Morgan fingerprint density at radius 3 is 2.32 bits per heavy atom. The van der Waals surface area contributed by atoms with Crippen molar-refractivity contribution in [2.75, 3.05) is 7.11 Å². The largest absolute Gasteiger partial charge is 0.493 e. The molecule has 0 amide bonds. The first-order valence-corrected chi connectivity index (χ1v) is 10.1. The van der Waals surface area contributed by atoms with Gasteiger partial charge in [-0.2, -0.15) is 5.26 Å². The zero-order valence-electron chi connectivity index (χ0n) is 15.9. The Bertz CT molecular complexity index is 864. The average molecular weight is 397 g/mol. The molecule has 0 aromatic heterocycles. The monoisotopic (exact) mass is 396 g/mol. The van der Waals surface area contributed by atoms with Crippen molar-refractivity contribution >= 4 is 29.3 Å². The molecule has 2 N–H and O–H groups in total. The van der Waals surface area contributed by atoms with E-state index in [0.717, 1.165) is 19.3 Å². The summed E-state index contributed by atoms with van der Waals surface area (Å²) in [6.07, 6.45) is 8.31. The van der Waals surface area contributed by atoms with Crippen LogP contribution in [-0.4, -0.2) is 18.1 Å². The molecule has 4 fully saturated rings. The molecule has 1 aromatic rings. The van der Waals surface area contributed by atoms with Gasteiger partial charge in [0.25, 0.3) is 0 Å². The molecule has 0 unspecified atom stereocenters. The zero-order chi connectivity index (χ0) is 19.9. The maximum absolute atomic E-state index is 13.2. The number of benzene rings is 1. The van der Waals surface area contributed by atoms with Gasteiger partial charge in [-0.15, -0.1) is 0 Å². The lowest BCUT2D eigenvalue weighted by atomic mass is 9.49. The van der Waals surface area contributed by atoms with Crippen molar-refractivity contribution in [3.05, 3.63) is 29.3 Å². The van der Waals surface area contributed by atoms with Crippen molar-refractivity contribution in [1.29, 1.82) is 5.26 Å². The first-order valence-electron chi connectivity index (χ1n) is 9.74. The van der Waals surface area contributed by atoms with Gasteiger partial charge < -0.3 is 15.2 Å². The van der Waals surface area contributed by atoms with Crippen LogP contribution in [0.4, 0.5) is 0 Å². The molecule has 4 saturated carbocycles. The minimum atomic E-state index is -0.321.